The van der Waals surface area contributed by atoms with Crippen molar-refractivity contribution >= 4 is 17.3 Å². The van der Waals surface area contributed by atoms with Crippen molar-refractivity contribution in [2.45, 2.75) is 13.3 Å². The number of carboxylic acids is 1. The Balaban J connectivity index is 2.86. The number of nitrogen functional groups attached to an aromatic ring is 1. The first-order valence-corrected chi connectivity index (χ1v) is 6.48. The Morgan fingerprint density at radius 3 is 2.53 bits per heavy atom. The Kier molecular flexibility index (Phi) is 5.63. The summed E-state index contributed by atoms with van der Waals surface area (Å²) in [6.45, 7) is 4.71. The minimum Gasteiger partial charge on any atom is -0.478 e. The molecule has 0 radical (unpaired) electrons. The van der Waals surface area contributed by atoms with Crippen molar-refractivity contribution in [3.8, 4) is 0 Å². The van der Waals surface area contributed by atoms with Gasteiger partial charge in [-0.3, -0.25) is 0 Å². The van der Waals surface area contributed by atoms with E-state index in [0.717, 1.165) is 31.7 Å². The molecule has 0 heterocycles. The molecule has 0 aromatic heterocycles. The average molecular weight is 265 g/mol. The summed E-state index contributed by atoms with van der Waals surface area (Å²) in [5.41, 5.74) is 7.28. The molecule has 5 nitrogen and oxygen atoms in total. The number of para-hydroxylation sites is 1. The third kappa shape index (κ3) is 4.13. The van der Waals surface area contributed by atoms with Crippen LogP contribution in [0.3, 0.4) is 0 Å². The molecule has 0 unspecified atom stereocenters. The van der Waals surface area contributed by atoms with Gasteiger partial charge in [0.2, 0.25) is 0 Å². The summed E-state index contributed by atoms with van der Waals surface area (Å²) in [6, 6.07) is 5.15. The van der Waals surface area contributed by atoms with Gasteiger partial charge in [-0.05, 0) is 46.1 Å². The number of nitrogens with two attached hydrogens (primary N) is 1. The fourth-order valence-electron chi connectivity index (χ4n) is 2.04. The minimum absolute atomic E-state index is 0.170. The molecule has 0 aliphatic carbocycles. The van der Waals surface area contributed by atoms with Crippen molar-refractivity contribution in [2.75, 3.05) is 44.4 Å². The first-order valence-electron chi connectivity index (χ1n) is 6.48. The topological polar surface area (TPSA) is 69.8 Å². The van der Waals surface area contributed by atoms with E-state index in [1.54, 1.807) is 6.07 Å². The zero-order valence-corrected chi connectivity index (χ0v) is 11.9. The van der Waals surface area contributed by atoms with Gasteiger partial charge in [0.25, 0.3) is 0 Å². The second-order valence-corrected chi connectivity index (χ2v) is 4.78. The summed E-state index contributed by atoms with van der Waals surface area (Å²) >= 11 is 0. The first-order chi connectivity index (χ1) is 8.97. The SMILES string of the molecule is CCN(CCCN(C)C)c1cccc(C(=O)O)c1N. The highest BCUT2D eigenvalue weighted by molar-refractivity contribution is 5.97. The number of carboxylic acid groups (broad SMARTS) is 1. The van der Waals surface area contributed by atoms with E-state index in [-0.39, 0.29) is 5.56 Å². The maximum absolute atomic E-state index is 11.1. The zero-order chi connectivity index (χ0) is 14.4. The number of rotatable bonds is 7. The number of benzene rings is 1. The van der Waals surface area contributed by atoms with Crippen LogP contribution in [0, 0.1) is 0 Å². The molecule has 19 heavy (non-hydrogen) atoms. The van der Waals surface area contributed by atoms with E-state index in [1.165, 1.54) is 6.07 Å². The normalized spacial score (nSPS) is 10.7. The molecule has 0 saturated carbocycles. The molecule has 0 saturated heterocycles. The number of anilines is 2. The quantitative estimate of drug-likeness (QED) is 0.735. The molecule has 1 aromatic carbocycles. The average Bonchev–Trinajstić information content (AvgIpc) is 2.35. The molecule has 0 fully saturated rings. The van der Waals surface area contributed by atoms with E-state index in [1.807, 2.05) is 27.1 Å². The Morgan fingerprint density at radius 2 is 2.00 bits per heavy atom. The number of carbonyl (C=O) groups is 1. The van der Waals surface area contributed by atoms with Crippen LogP contribution in [0.1, 0.15) is 23.7 Å². The van der Waals surface area contributed by atoms with Crippen molar-refractivity contribution in [3.05, 3.63) is 23.8 Å². The molecular weight excluding hydrogens is 242 g/mol. The van der Waals surface area contributed by atoms with Gasteiger partial charge < -0.3 is 20.6 Å². The number of aromatic carboxylic acids is 1. The predicted molar refractivity (Wildman–Crippen MR) is 78.9 cm³/mol. The molecule has 0 spiro atoms. The Bertz CT molecular complexity index is 433. The van der Waals surface area contributed by atoms with Gasteiger partial charge in [0, 0.05) is 13.1 Å². The van der Waals surface area contributed by atoms with E-state index in [4.69, 9.17) is 10.8 Å². The fraction of sp³-hybridized carbons (Fsp3) is 0.500. The molecule has 106 valence electrons. The second-order valence-electron chi connectivity index (χ2n) is 4.78. The van der Waals surface area contributed by atoms with Gasteiger partial charge in [0.1, 0.15) is 0 Å². The van der Waals surface area contributed by atoms with Crippen LogP contribution in [0.15, 0.2) is 18.2 Å². The van der Waals surface area contributed by atoms with Gasteiger partial charge in [0.15, 0.2) is 0 Å². The van der Waals surface area contributed by atoms with Crippen LogP contribution in [0.4, 0.5) is 11.4 Å². The summed E-state index contributed by atoms with van der Waals surface area (Å²) < 4.78 is 0. The number of nitrogens with zero attached hydrogens (tertiary/aromatic N) is 2. The highest BCUT2D eigenvalue weighted by atomic mass is 16.4. The van der Waals surface area contributed by atoms with Crippen molar-refractivity contribution < 1.29 is 9.90 Å². The van der Waals surface area contributed by atoms with Crippen LogP contribution in [0.25, 0.3) is 0 Å². The van der Waals surface area contributed by atoms with Crippen LogP contribution >= 0.6 is 0 Å². The first kappa shape index (κ1) is 15.3. The van der Waals surface area contributed by atoms with E-state index in [2.05, 4.69) is 9.80 Å². The summed E-state index contributed by atoms with van der Waals surface area (Å²) in [4.78, 5) is 15.3. The van der Waals surface area contributed by atoms with Crippen molar-refractivity contribution in [3.63, 3.8) is 0 Å². The van der Waals surface area contributed by atoms with Crippen molar-refractivity contribution in [1.29, 1.82) is 0 Å². The van der Waals surface area contributed by atoms with E-state index >= 15 is 0 Å². The smallest absolute Gasteiger partial charge is 0.337 e. The predicted octanol–water partition coefficient (Wildman–Crippen LogP) is 1.75. The molecular formula is C14H23N3O2. The van der Waals surface area contributed by atoms with Gasteiger partial charge in [-0.25, -0.2) is 4.79 Å². The minimum atomic E-state index is -0.983. The van der Waals surface area contributed by atoms with Crippen LogP contribution in [0.5, 0.6) is 0 Å². The van der Waals surface area contributed by atoms with E-state index in [9.17, 15) is 4.79 Å². The van der Waals surface area contributed by atoms with Gasteiger partial charge in [0.05, 0.1) is 16.9 Å². The maximum Gasteiger partial charge on any atom is 0.337 e. The molecule has 1 aromatic rings. The van der Waals surface area contributed by atoms with Gasteiger partial charge >= 0.3 is 5.97 Å². The molecule has 0 amide bonds. The molecule has 0 atom stereocenters. The monoisotopic (exact) mass is 265 g/mol. The highest BCUT2D eigenvalue weighted by Gasteiger charge is 2.14. The summed E-state index contributed by atoms with van der Waals surface area (Å²) in [5.74, 6) is -0.983. The summed E-state index contributed by atoms with van der Waals surface area (Å²) in [5, 5.41) is 9.09. The summed E-state index contributed by atoms with van der Waals surface area (Å²) in [7, 11) is 4.07. The van der Waals surface area contributed by atoms with E-state index in [0.29, 0.717) is 5.69 Å². The standard InChI is InChI=1S/C14H23N3O2/c1-4-17(10-6-9-16(2)3)12-8-5-7-11(13(12)15)14(18)19/h5,7-8H,4,6,9-10,15H2,1-3H3,(H,18,19). The van der Waals surface area contributed by atoms with Crippen LogP contribution in [-0.4, -0.2) is 49.7 Å². The molecule has 0 aliphatic heterocycles. The van der Waals surface area contributed by atoms with Crippen LogP contribution in [0.2, 0.25) is 0 Å². The molecule has 5 heteroatoms. The lowest BCUT2D eigenvalue weighted by atomic mass is 10.1. The van der Waals surface area contributed by atoms with Crippen molar-refractivity contribution in [2.24, 2.45) is 0 Å². The molecule has 1 rings (SSSR count). The number of hydrogen-bond donors (Lipinski definition) is 2. The van der Waals surface area contributed by atoms with Gasteiger partial charge in [-0.2, -0.15) is 0 Å². The maximum atomic E-state index is 11.1. The lowest BCUT2D eigenvalue weighted by Crippen LogP contribution is -2.28. The zero-order valence-electron chi connectivity index (χ0n) is 11.9. The van der Waals surface area contributed by atoms with Crippen LogP contribution in [-0.2, 0) is 0 Å². The molecule has 0 aliphatic rings. The molecule has 3 N–H and O–H groups in total. The third-order valence-corrected chi connectivity index (χ3v) is 3.07. The second kappa shape index (κ2) is 6.99. The Hall–Kier alpha value is -1.75. The number of hydrogen-bond acceptors (Lipinski definition) is 4. The lowest BCUT2D eigenvalue weighted by Gasteiger charge is -2.25. The highest BCUT2D eigenvalue weighted by Crippen LogP contribution is 2.26. The molecule has 0 bridgehead atoms. The van der Waals surface area contributed by atoms with E-state index < -0.39 is 5.97 Å². The largest absolute Gasteiger partial charge is 0.478 e. The van der Waals surface area contributed by atoms with Crippen molar-refractivity contribution in [1.82, 2.24) is 4.90 Å². The van der Waals surface area contributed by atoms with Crippen LogP contribution < -0.4 is 10.6 Å². The third-order valence-electron chi connectivity index (χ3n) is 3.07. The van der Waals surface area contributed by atoms with Gasteiger partial charge in [-0.1, -0.05) is 6.07 Å². The lowest BCUT2D eigenvalue weighted by molar-refractivity contribution is 0.0698. The fourth-order valence-corrected chi connectivity index (χ4v) is 2.04. The Labute approximate surface area is 114 Å². The van der Waals surface area contributed by atoms with Gasteiger partial charge in [-0.15, -0.1) is 0 Å². The summed E-state index contributed by atoms with van der Waals surface area (Å²) in [6.07, 6.45) is 1.01. The Morgan fingerprint density at radius 1 is 1.32 bits per heavy atom.